The van der Waals surface area contributed by atoms with E-state index >= 15 is 0 Å². The topological polar surface area (TPSA) is 130 Å². The van der Waals surface area contributed by atoms with Crippen LogP contribution in [0.25, 0.3) is 0 Å². The highest BCUT2D eigenvalue weighted by Gasteiger charge is 2.29. The summed E-state index contributed by atoms with van der Waals surface area (Å²) < 4.78 is 25.5. The molecule has 1 aliphatic rings. The Balaban J connectivity index is 1.74. The van der Waals surface area contributed by atoms with Crippen LogP contribution in [0.15, 0.2) is 38.1 Å². The molecule has 0 bridgehead atoms. The van der Waals surface area contributed by atoms with E-state index in [2.05, 4.69) is 30.0 Å². The van der Waals surface area contributed by atoms with Crippen LogP contribution in [0, 0.1) is 12.8 Å². The molecule has 1 aromatic carbocycles. The third kappa shape index (κ3) is 4.99. The molecule has 2 aromatic heterocycles. The highest BCUT2D eigenvalue weighted by molar-refractivity contribution is 9.10. The Bertz CT molecular complexity index is 1230. The fourth-order valence-corrected chi connectivity index (χ4v) is 5.25. The maximum Gasteiger partial charge on any atom is 0.258 e. The molecule has 9 nitrogen and oxygen atoms in total. The van der Waals surface area contributed by atoms with Crippen LogP contribution in [0.2, 0.25) is 0 Å². The summed E-state index contributed by atoms with van der Waals surface area (Å²) >= 11 is 1.61. The van der Waals surface area contributed by atoms with E-state index in [0.717, 1.165) is 37.2 Å². The summed E-state index contributed by atoms with van der Waals surface area (Å²) in [5.74, 6) is 1.50. The predicted octanol–water partition coefficient (Wildman–Crippen LogP) is 4.78. The summed E-state index contributed by atoms with van der Waals surface area (Å²) in [7, 11) is 3.21. The number of anilines is 2. The van der Waals surface area contributed by atoms with Crippen molar-refractivity contribution < 1.29 is 18.9 Å². The second-order valence-corrected chi connectivity index (χ2v) is 10.1. The van der Waals surface area contributed by atoms with Crippen molar-refractivity contribution in [3.8, 4) is 5.75 Å². The number of aromatic nitrogens is 2. The number of furan rings is 1. The molecule has 33 heavy (non-hydrogen) atoms. The highest BCUT2D eigenvalue weighted by Crippen LogP contribution is 2.39. The molecule has 2 atom stereocenters. The van der Waals surface area contributed by atoms with Gasteiger partial charge < -0.3 is 24.3 Å². The van der Waals surface area contributed by atoms with Crippen molar-refractivity contribution in [3.63, 3.8) is 0 Å². The predicted molar refractivity (Wildman–Crippen MR) is 128 cm³/mol. The molecule has 1 fully saturated rings. The van der Waals surface area contributed by atoms with E-state index in [1.165, 1.54) is 4.90 Å². The smallest absolute Gasteiger partial charge is 0.258 e. The van der Waals surface area contributed by atoms with Gasteiger partial charge in [-0.2, -0.15) is 0 Å². The van der Waals surface area contributed by atoms with E-state index in [1.807, 2.05) is 19.1 Å². The van der Waals surface area contributed by atoms with Crippen LogP contribution in [0.5, 0.6) is 5.75 Å². The number of carbonyl (C=O) groups excluding carboxylic acids is 1. The minimum atomic E-state index is -1.71. The minimum Gasteiger partial charge on any atom is -0.548 e. The van der Waals surface area contributed by atoms with Gasteiger partial charge >= 0.3 is 0 Å². The number of phenolic OH excluding ortho intramolecular Hbond substituents is 1. The molecule has 1 unspecified atom stereocenters. The fourth-order valence-electron chi connectivity index (χ4n) is 4.10. The molecular weight excluding hydrogens is 510 g/mol. The molecule has 1 aliphatic carbocycles. The molecular formula is C22H26BrN5O4S. The molecule has 3 N–H and O–H groups in total. The largest absolute Gasteiger partial charge is 0.548 e. The van der Waals surface area contributed by atoms with E-state index in [0.29, 0.717) is 15.9 Å². The average Bonchev–Trinajstić information content (AvgIpc) is 3.50. The van der Waals surface area contributed by atoms with Crippen LogP contribution in [0.4, 0.5) is 11.5 Å². The molecule has 3 aromatic rings. The Kier molecular flexibility index (Phi) is 6.91. The first-order valence-electron chi connectivity index (χ1n) is 10.7. The van der Waals surface area contributed by atoms with Crippen LogP contribution in [0.3, 0.4) is 0 Å². The summed E-state index contributed by atoms with van der Waals surface area (Å²) in [5.41, 5.74) is 0.690. The number of benzene rings is 1. The SMILES string of the molecule is Cc1ccc([C@H](N=c2[nH][s+]([O-])nc2Nc2ccc(Br)c(C(=O)N(C)C)c2O)C2CCCC2)o1. The molecule has 0 saturated heterocycles. The standard InChI is InChI=1S/C22H26BrN5O4S/c1-12-8-11-16(32-12)18(13-6-4-5-7-13)25-21-20(26-33(31)27-21)24-15-10-9-14(23)17(19(15)29)22(30)28(2)3/h8-11,13,18,29H,4-7H2,1-3H3,(H,24,26)(H,25,27)/t18-,33?/m1/s1. The maximum atomic E-state index is 12.5. The number of hydrogen-bond acceptors (Lipinski definition) is 7. The number of H-pyrrole nitrogens is 1. The van der Waals surface area contributed by atoms with Gasteiger partial charge in [-0.1, -0.05) is 12.8 Å². The fraction of sp³-hybridized carbons (Fsp3) is 0.409. The summed E-state index contributed by atoms with van der Waals surface area (Å²) in [6.45, 7) is 1.89. The van der Waals surface area contributed by atoms with Gasteiger partial charge in [-0.25, -0.2) is 4.99 Å². The summed E-state index contributed by atoms with van der Waals surface area (Å²) in [5, 5.41) is 13.8. The van der Waals surface area contributed by atoms with Crippen molar-refractivity contribution in [1.82, 2.24) is 13.6 Å². The first-order chi connectivity index (χ1) is 15.7. The van der Waals surface area contributed by atoms with Crippen LogP contribution in [-0.2, 0) is 0 Å². The van der Waals surface area contributed by atoms with Gasteiger partial charge in [0.05, 0.1) is 11.3 Å². The number of rotatable bonds is 6. The molecule has 0 spiro atoms. The van der Waals surface area contributed by atoms with Crippen molar-refractivity contribution in [1.29, 1.82) is 0 Å². The second-order valence-electron chi connectivity index (χ2n) is 8.35. The monoisotopic (exact) mass is 535 g/mol. The lowest BCUT2D eigenvalue weighted by atomic mass is 9.96. The van der Waals surface area contributed by atoms with E-state index in [9.17, 15) is 14.5 Å². The Morgan fingerprint density at radius 2 is 2.09 bits per heavy atom. The molecule has 11 heteroatoms. The van der Waals surface area contributed by atoms with Crippen LogP contribution in [0.1, 0.15) is 53.6 Å². The molecule has 0 aliphatic heterocycles. The Morgan fingerprint density at radius 1 is 1.36 bits per heavy atom. The number of phenols is 1. The van der Waals surface area contributed by atoms with Crippen LogP contribution in [-0.4, -0.2) is 43.3 Å². The second kappa shape index (κ2) is 9.70. The van der Waals surface area contributed by atoms with Gasteiger partial charge in [0.15, 0.2) is 16.9 Å². The van der Waals surface area contributed by atoms with Gasteiger partial charge in [0.1, 0.15) is 17.6 Å². The molecule has 1 amide bonds. The number of amides is 1. The van der Waals surface area contributed by atoms with Crippen molar-refractivity contribution in [3.05, 3.63) is 51.3 Å². The van der Waals surface area contributed by atoms with Gasteiger partial charge in [0.2, 0.25) is 11.3 Å². The third-order valence-electron chi connectivity index (χ3n) is 5.75. The minimum absolute atomic E-state index is 0.117. The normalized spacial score (nSPS) is 16.3. The van der Waals surface area contributed by atoms with Crippen molar-refractivity contribution in [2.75, 3.05) is 19.4 Å². The number of halogens is 1. The summed E-state index contributed by atoms with van der Waals surface area (Å²) in [4.78, 5) is 18.8. The number of hydrogen-bond donors (Lipinski definition) is 3. The quantitative estimate of drug-likeness (QED) is 0.307. The lowest BCUT2D eigenvalue weighted by Gasteiger charge is -2.17. The number of aromatic hydroxyl groups is 1. The number of aromatic amines is 1. The van der Waals surface area contributed by atoms with Gasteiger partial charge in [0.25, 0.3) is 5.91 Å². The zero-order valence-electron chi connectivity index (χ0n) is 18.6. The average molecular weight is 536 g/mol. The number of nitrogens with one attached hydrogen (secondary N) is 2. The molecule has 0 radical (unpaired) electrons. The van der Waals surface area contributed by atoms with E-state index < -0.39 is 11.1 Å². The first kappa shape index (κ1) is 23.5. The van der Waals surface area contributed by atoms with Crippen LogP contribution >= 0.6 is 27.1 Å². The molecule has 4 rings (SSSR count). The summed E-state index contributed by atoms with van der Waals surface area (Å²) in [6, 6.07) is 6.86. The van der Waals surface area contributed by atoms with E-state index in [1.54, 1.807) is 26.2 Å². The Morgan fingerprint density at radius 3 is 2.73 bits per heavy atom. The van der Waals surface area contributed by atoms with Crippen molar-refractivity contribution in [2.24, 2.45) is 10.9 Å². The van der Waals surface area contributed by atoms with Gasteiger partial charge in [-0.05, 0) is 65.9 Å². The lowest BCUT2D eigenvalue weighted by Crippen LogP contribution is -2.22. The zero-order chi connectivity index (χ0) is 23.7. The zero-order valence-corrected chi connectivity index (χ0v) is 21.0. The highest BCUT2D eigenvalue weighted by atomic mass is 79.9. The lowest BCUT2D eigenvalue weighted by molar-refractivity contribution is 0.0824. The van der Waals surface area contributed by atoms with E-state index in [-0.39, 0.29) is 34.8 Å². The molecule has 176 valence electrons. The molecule has 1 saturated carbocycles. The Hall–Kier alpha value is -2.63. The molecule has 2 heterocycles. The number of aryl methyl sites for hydroxylation is 1. The number of carbonyl (C=O) groups is 1. The van der Waals surface area contributed by atoms with Gasteiger partial charge in [-0.15, -0.1) is 4.37 Å². The maximum absolute atomic E-state index is 12.5. The summed E-state index contributed by atoms with van der Waals surface area (Å²) in [6.07, 6.45) is 4.35. The van der Waals surface area contributed by atoms with Crippen LogP contribution < -0.4 is 10.8 Å². The van der Waals surface area contributed by atoms with Gasteiger partial charge in [-0.3, -0.25) is 4.79 Å². The van der Waals surface area contributed by atoms with Gasteiger partial charge in [0, 0.05) is 22.9 Å². The Labute approximate surface area is 202 Å². The van der Waals surface area contributed by atoms with Crippen molar-refractivity contribution in [2.45, 2.75) is 38.6 Å². The van der Waals surface area contributed by atoms with Crippen molar-refractivity contribution >= 4 is 44.5 Å². The third-order valence-corrected chi connectivity index (χ3v) is 7.13. The number of nitrogens with zero attached hydrogens (tertiary/aromatic N) is 3. The van der Waals surface area contributed by atoms with E-state index in [4.69, 9.17) is 9.41 Å². The first-order valence-corrected chi connectivity index (χ1v) is 12.6.